The van der Waals surface area contributed by atoms with Crippen LogP contribution in [0.1, 0.15) is 49.7 Å². The Morgan fingerprint density at radius 1 is 1.03 bits per heavy atom. The van der Waals surface area contributed by atoms with Gasteiger partial charge in [-0.3, -0.25) is 4.79 Å². The Morgan fingerprint density at radius 3 is 2.20 bits per heavy atom. The van der Waals surface area contributed by atoms with Crippen LogP contribution in [0.2, 0.25) is 0 Å². The van der Waals surface area contributed by atoms with Gasteiger partial charge in [0.05, 0.1) is 6.10 Å². The summed E-state index contributed by atoms with van der Waals surface area (Å²) in [6.07, 6.45) is 1.62. The number of piperidine rings is 1. The molecule has 0 bridgehead atoms. The summed E-state index contributed by atoms with van der Waals surface area (Å²) < 4.78 is 11.0. The maximum Gasteiger partial charge on any atom is 0.407 e. The molecule has 186 valence electrons. The van der Waals surface area contributed by atoms with Crippen molar-refractivity contribution in [2.24, 2.45) is 0 Å². The lowest BCUT2D eigenvalue weighted by atomic mass is 9.98. The number of aliphatic carboxylic acids is 1. The summed E-state index contributed by atoms with van der Waals surface area (Å²) in [6, 6.07) is 15.6. The van der Waals surface area contributed by atoms with Gasteiger partial charge >= 0.3 is 12.1 Å². The lowest BCUT2D eigenvalue weighted by Crippen LogP contribution is -2.51. The molecule has 1 aliphatic heterocycles. The quantitative estimate of drug-likeness (QED) is 0.566. The third-order valence-corrected chi connectivity index (χ3v) is 6.71. The summed E-state index contributed by atoms with van der Waals surface area (Å²) in [7, 11) is 0. The number of carbonyl (C=O) groups excluding carboxylic acids is 2. The van der Waals surface area contributed by atoms with Gasteiger partial charge in [0.15, 0.2) is 0 Å². The number of alkyl carbamates (subject to hydrolysis) is 1. The molecular formula is C27H32N2O6. The van der Waals surface area contributed by atoms with E-state index in [-0.39, 0.29) is 31.1 Å². The molecule has 1 fully saturated rings. The molecule has 2 amide bonds. The highest BCUT2D eigenvalue weighted by molar-refractivity contribution is 5.86. The van der Waals surface area contributed by atoms with Crippen molar-refractivity contribution in [3.63, 3.8) is 0 Å². The molecule has 0 aromatic heterocycles. The number of carboxylic acids is 1. The summed E-state index contributed by atoms with van der Waals surface area (Å²) in [5.74, 6) is -1.19. The van der Waals surface area contributed by atoms with Crippen LogP contribution >= 0.6 is 0 Å². The summed E-state index contributed by atoms with van der Waals surface area (Å²) in [4.78, 5) is 38.2. The van der Waals surface area contributed by atoms with E-state index in [1.807, 2.05) is 31.2 Å². The van der Waals surface area contributed by atoms with Gasteiger partial charge in [-0.1, -0.05) is 61.9 Å². The van der Waals surface area contributed by atoms with E-state index in [0.29, 0.717) is 32.4 Å². The van der Waals surface area contributed by atoms with Gasteiger partial charge in [-0.15, -0.1) is 0 Å². The number of nitrogens with zero attached hydrogens (tertiary/aromatic N) is 1. The van der Waals surface area contributed by atoms with Crippen LogP contribution < -0.4 is 5.32 Å². The van der Waals surface area contributed by atoms with E-state index in [0.717, 1.165) is 28.7 Å². The van der Waals surface area contributed by atoms with Crippen molar-refractivity contribution in [1.29, 1.82) is 0 Å². The summed E-state index contributed by atoms with van der Waals surface area (Å²) >= 11 is 0. The third kappa shape index (κ3) is 5.82. The first-order valence-electron chi connectivity index (χ1n) is 12.2. The first kappa shape index (κ1) is 24.7. The number of rotatable bonds is 9. The molecule has 1 unspecified atom stereocenters. The van der Waals surface area contributed by atoms with Gasteiger partial charge < -0.3 is 24.8 Å². The topological polar surface area (TPSA) is 105 Å². The average molecular weight is 481 g/mol. The monoisotopic (exact) mass is 480 g/mol. The zero-order valence-electron chi connectivity index (χ0n) is 19.9. The standard InChI is InChI=1S/C27H32N2O6/c1-2-7-24(26(32)29-14-12-18(13-15-29)34-17-25(30)31)28-27(33)35-16-23-21-10-5-3-8-19(21)20-9-4-6-11-22(20)23/h3-6,8-11,18,23-24H,2,7,12-17H2,1H3,(H,28,33)(H,30,31). The van der Waals surface area contributed by atoms with Gasteiger partial charge in [-0.05, 0) is 41.5 Å². The zero-order valence-corrected chi connectivity index (χ0v) is 19.9. The van der Waals surface area contributed by atoms with Crippen molar-refractivity contribution < 1.29 is 29.0 Å². The number of amides is 2. The maximum atomic E-state index is 13.1. The zero-order chi connectivity index (χ0) is 24.8. The number of hydrogen-bond donors (Lipinski definition) is 2. The number of fused-ring (bicyclic) bond motifs is 3. The van der Waals surface area contributed by atoms with Gasteiger partial charge in [-0.25, -0.2) is 9.59 Å². The Bertz CT molecular complexity index is 1020. The molecule has 1 saturated heterocycles. The van der Waals surface area contributed by atoms with Crippen molar-refractivity contribution in [2.75, 3.05) is 26.3 Å². The second-order valence-corrected chi connectivity index (χ2v) is 9.04. The number of hydrogen-bond acceptors (Lipinski definition) is 5. The molecule has 1 heterocycles. The summed E-state index contributed by atoms with van der Waals surface area (Å²) in [6.45, 7) is 2.76. The van der Waals surface area contributed by atoms with Crippen LogP contribution in [0.15, 0.2) is 48.5 Å². The SMILES string of the molecule is CCCC(NC(=O)OCC1c2ccccc2-c2ccccc21)C(=O)N1CCC(OCC(=O)O)CC1. The van der Waals surface area contributed by atoms with E-state index in [1.54, 1.807) is 4.90 Å². The van der Waals surface area contributed by atoms with Crippen LogP contribution in [-0.2, 0) is 19.1 Å². The molecule has 8 heteroatoms. The molecule has 35 heavy (non-hydrogen) atoms. The number of ether oxygens (including phenoxy) is 2. The van der Waals surface area contributed by atoms with Crippen LogP contribution in [-0.4, -0.2) is 66.4 Å². The van der Waals surface area contributed by atoms with Gasteiger partial charge in [0, 0.05) is 19.0 Å². The van der Waals surface area contributed by atoms with Crippen molar-refractivity contribution in [2.45, 2.75) is 50.7 Å². The molecule has 2 aromatic carbocycles. The Balaban J connectivity index is 1.33. The minimum absolute atomic E-state index is 0.0432. The first-order chi connectivity index (χ1) is 17.0. The number of carbonyl (C=O) groups is 3. The fraction of sp³-hybridized carbons (Fsp3) is 0.444. The van der Waals surface area contributed by atoms with E-state index >= 15 is 0 Å². The van der Waals surface area contributed by atoms with Crippen LogP contribution in [0.25, 0.3) is 11.1 Å². The van der Waals surface area contributed by atoms with Crippen molar-refractivity contribution in [3.8, 4) is 11.1 Å². The highest BCUT2D eigenvalue weighted by Crippen LogP contribution is 2.44. The highest BCUT2D eigenvalue weighted by Gasteiger charge is 2.32. The Kier molecular flexibility index (Phi) is 8.02. The molecule has 4 rings (SSSR count). The van der Waals surface area contributed by atoms with E-state index in [4.69, 9.17) is 14.6 Å². The van der Waals surface area contributed by atoms with E-state index in [9.17, 15) is 14.4 Å². The number of likely N-dealkylation sites (tertiary alicyclic amines) is 1. The lowest BCUT2D eigenvalue weighted by Gasteiger charge is -2.34. The van der Waals surface area contributed by atoms with Crippen molar-refractivity contribution >= 4 is 18.0 Å². The average Bonchev–Trinajstić information content (AvgIpc) is 3.19. The predicted octanol–water partition coefficient (Wildman–Crippen LogP) is 3.79. The van der Waals surface area contributed by atoms with Crippen molar-refractivity contribution in [1.82, 2.24) is 10.2 Å². The molecule has 0 radical (unpaired) electrons. The number of nitrogens with one attached hydrogen (secondary N) is 1. The Hall–Kier alpha value is -3.39. The normalized spacial score (nSPS) is 16.3. The molecule has 0 saturated carbocycles. The van der Waals surface area contributed by atoms with Crippen LogP contribution in [0.4, 0.5) is 4.79 Å². The molecular weight excluding hydrogens is 448 g/mol. The molecule has 2 aliphatic rings. The molecule has 2 N–H and O–H groups in total. The molecule has 1 aliphatic carbocycles. The lowest BCUT2D eigenvalue weighted by molar-refractivity contribution is -0.147. The van der Waals surface area contributed by atoms with Gasteiger partial charge in [0.25, 0.3) is 0 Å². The minimum Gasteiger partial charge on any atom is -0.480 e. The predicted molar refractivity (Wildman–Crippen MR) is 130 cm³/mol. The van der Waals surface area contributed by atoms with Crippen LogP contribution in [0.5, 0.6) is 0 Å². The second-order valence-electron chi connectivity index (χ2n) is 9.04. The fourth-order valence-corrected chi connectivity index (χ4v) is 4.98. The number of carboxylic acid groups (broad SMARTS) is 1. The van der Waals surface area contributed by atoms with E-state index in [2.05, 4.69) is 29.6 Å². The van der Waals surface area contributed by atoms with Crippen LogP contribution in [0, 0.1) is 0 Å². The smallest absolute Gasteiger partial charge is 0.407 e. The first-order valence-corrected chi connectivity index (χ1v) is 12.2. The Morgan fingerprint density at radius 2 is 1.63 bits per heavy atom. The molecule has 2 aromatic rings. The molecule has 1 atom stereocenters. The van der Waals surface area contributed by atoms with Gasteiger partial charge in [0.2, 0.25) is 5.91 Å². The van der Waals surface area contributed by atoms with E-state index < -0.39 is 18.1 Å². The maximum absolute atomic E-state index is 13.1. The Labute approximate surface area is 205 Å². The minimum atomic E-state index is -1.00. The molecule has 8 nitrogen and oxygen atoms in total. The van der Waals surface area contributed by atoms with Crippen LogP contribution in [0.3, 0.4) is 0 Å². The van der Waals surface area contributed by atoms with Gasteiger partial charge in [0.1, 0.15) is 19.3 Å². The van der Waals surface area contributed by atoms with E-state index in [1.165, 1.54) is 0 Å². The second kappa shape index (κ2) is 11.4. The fourth-order valence-electron chi connectivity index (χ4n) is 4.98. The van der Waals surface area contributed by atoms with Gasteiger partial charge in [-0.2, -0.15) is 0 Å². The summed E-state index contributed by atoms with van der Waals surface area (Å²) in [5, 5.41) is 11.5. The molecule has 0 spiro atoms. The third-order valence-electron chi connectivity index (χ3n) is 6.71. The largest absolute Gasteiger partial charge is 0.480 e. The highest BCUT2D eigenvalue weighted by atomic mass is 16.5. The summed E-state index contributed by atoms with van der Waals surface area (Å²) in [5.41, 5.74) is 4.59. The number of benzene rings is 2. The van der Waals surface area contributed by atoms with Crippen molar-refractivity contribution in [3.05, 3.63) is 59.7 Å².